The maximum absolute atomic E-state index is 2.31. The first kappa shape index (κ1) is 13.3. The van der Waals surface area contributed by atoms with Crippen LogP contribution < -0.4 is 4.57 Å². The van der Waals surface area contributed by atoms with Crippen LogP contribution >= 0.6 is 0 Å². The Balaban J connectivity index is 1.92. The summed E-state index contributed by atoms with van der Waals surface area (Å²) >= 11 is 0. The van der Waals surface area contributed by atoms with Crippen molar-refractivity contribution >= 4 is 0 Å². The van der Waals surface area contributed by atoms with Gasteiger partial charge in [-0.2, -0.15) is 0 Å². The molecule has 1 aromatic heterocycles. The lowest BCUT2D eigenvalue weighted by Gasteiger charge is -2.03. The first-order chi connectivity index (χ1) is 7.68. The topological polar surface area (TPSA) is 8.81 Å². The second-order valence-corrected chi connectivity index (χ2v) is 5.27. The molecule has 0 amide bonds. The van der Waals surface area contributed by atoms with Gasteiger partial charge in [0.15, 0.2) is 0 Å². The molecule has 0 atom stereocenters. The number of hydrogen-bond acceptors (Lipinski definition) is 0. The maximum Gasteiger partial charge on any atom is 0.243 e. The normalized spacial score (nSPS) is 11.2. The molecule has 0 saturated carbocycles. The molecule has 92 valence electrons. The van der Waals surface area contributed by atoms with E-state index in [1.165, 1.54) is 45.1 Å². The van der Waals surface area contributed by atoms with Crippen molar-refractivity contribution in [1.82, 2.24) is 4.57 Å². The van der Waals surface area contributed by atoms with Gasteiger partial charge in [-0.1, -0.05) is 39.5 Å². The first-order valence-corrected chi connectivity index (χ1v) is 6.69. The first-order valence-electron chi connectivity index (χ1n) is 6.69. The van der Waals surface area contributed by atoms with Crippen LogP contribution in [-0.4, -0.2) is 4.57 Å². The van der Waals surface area contributed by atoms with E-state index in [-0.39, 0.29) is 0 Å². The molecule has 0 aromatic carbocycles. The van der Waals surface area contributed by atoms with Crippen LogP contribution in [0.1, 0.15) is 52.4 Å². The number of imidazole rings is 1. The van der Waals surface area contributed by atoms with Crippen LogP contribution in [0.2, 0.25) is 0 Å². The van der Waals surface area contributed by atoms with Gasteiger partial charge in [0.1, 0.15) is 12.4 Å². The van der Waals surface area contributed by atoms with Crippen LogP contribution in [0.4, 0.5) is 0 Å². The molecule has 0 aliphatic carbocycles. The van der Waals surface area contributed by atoms with E-state index in [1.807, 2.05) is 0 Å². The van der Waals surface area contributed by atoms with Crippen molar-refractivity contribution in [3.8, 4) is 0 Å². The molecule has 0 bridgehead atoms. The Kier molecular flexibility index (Phi) is 6.20. The van der Waals surface area contributed by atoms with Gasteiger partial charge < -0.3 is 0 Å². The zero-order valence-electron chi connectivity index (χ0n) is 11.2. The number of aryl methyl sites for hydroxylation is 2. The van der Waals surface area contributed by atoms with Gasteiger partial charge >= 0.3 is 0 Å². The molecule has 2 heteroatoms. The number of unbranched alkanes of at least 4 members (excludes halogenated alkanes) is 4. The van der Waals surface area contributed by atoms with Gasteiger partial charge in [-0.15, -0.1) is 0 Å². The number of rotatable bonds is 8. The molecule has 16 heavy (non-hydrogen) atoms. The van der Waals surface area contributed by atoms with E-state index in [4.69, 9.17) is 0 Å². The molecule has 0 spiro atoms. The summed E-state index contributed by atoms with van der Waals surface area (Å²) in [6, 6.07) is 0. The van der Waals surface area contributed by atoms with Crippen molar-refractivity contribution in [3.05, 3.63) is 18.7 Å². The van der Waals surface area contributed by atoms with Crippen molar-refractivity contribution in [3.63, 3.8) is 0 Å². The van der Waals surface area contributed by atoms with Gasteiger partial charge in [-0.25, -0.2) is 9.13 Å². The van der Waals surface area contributed by atoms with Gasteiger partial charge in [0.2, 0.25) is 6.33 Å². The van der Waals surface area contributed by atoms with Crippen molar-refractivity contribution in [2.75, 3.05) is 0 Å². The van der Waals surface area contributed by atoms with E-state index in [9.17, 15) is 0 Å². The van der Waals surface area contributed by atoms with Gasteiger partial charge in [0.05, 0.1) is 13.6 Å². The fourth-order valence-corrected chi connectivity index (χ4v) is 2.01. The minimum absolute atomic E-state index is 0.875. The van der Waals surface area contributed by atoms with E-state index >= 15 is 0 Å². The molecule has 0 radical (unpaired) electrons. The molecular weight excluding hydrogens is 196 g/mol. The molecular formula is C14H27N2+. The number of nitrogens with zero attached hydrogens (tertiary/aromatic N) is 2. The Morgan fingerprint density at radius 1 is 1.06 bits per heavy atom. The fraction of sp³-hybridized carbons (Fsp3) is 0.786. The molecule has 0 N–H and O–H groups in total. The average Bonchev–Trinajstić information content (AvgIpc) is 2.62. The summed E-state index contributed by atoms with van der Waals surface area (Å²) in [6.07, 6.45) is 14.7. The van der Waals surface area contributed by atoms with Crippen LogP contribution in [0.3, 0.4) is 0 Å². The minimum atomic E-state index is 0.875. The monoisotopic (exact) mass is 223 g/mol. The summed E-state index contributed by atoms with van der Waals surface area (Å²) < 4.78 is 4.37. The largest absolute Gasteiger partial charge is 0.243 e. The quantitative estimate of drug-likeness (QED) is 0.472. The molecule has 0 unspecified atom stereocenters. The predicted octanol–water partition coefficient (Wildman–Crippen LogP) is 3.31. The molecule has 0 saturated heterocycles. The van der Waals surface area contributed by atoms with E-state index in [0.717, 1.165) is 5.92 Å². The maximum atomic E-state index is 2.31. The van der Waals surface area contributed by atoms with Gasteiger partial charge in [0.25, 0.3) is 0 Å². The third-order valence-electron chi connectivity index (χ3n) is 3.02. The molecule has 0 aliphatic rings. The van der Waals surface area contributed by atoms with Crippen molar-refractivity contribution in [1.29, 1.82) is 0 Å². The second kappa shape index (κ2) is 7.48. The van der Waals surface area contributed by atoms with Crippen molar-refractivity contribution in [2.24, 2.45) is 13.0 Å². The Morgan fingerprint density at radius 2 is 1.75 bits per heavy atom. The van der Waals surface area contributed by atoms with Crippen molar-refractivity contribution in [2.45, 2.75) is 58.9 Å². The molecule has 0 fully saturated rings. The summed E-state index contributed by atoms with van der Waals surface area (Å²) in [7, 11) is 2.07. The van der Waals surface area contributed by atoms with E-state index in [2.05, 4.69) is 48.8 Å². The van der Waals surface area contributed by atoms with E-state index < -0.39 is 0 Å². The Bertz CT molecular complexity index is 276. The lowest BCUT2D eigenvalue weighted by atomic mass is 10.0. The van der Waals surface area contributed by atoms with E-state index in [1.54, 1.807) is 0 Å². The molecule has 0 aliphatic heterocycles. The summed E-state index contributed by atoms with van der Waals surface area (Å²) in [6.45, 7) is 5.79. The molecule has 1 rings (SSSR count). The van der Waals surface area contributed by atoms with Crippen LogP contribution in [0.5, 0.6) is 0 Å². The van der Waals surface area contributed by atoms with Gasteiger partial charge in [-0.05, 0) is 18.8 Å². The highest BCUT2D eigenvalue weighted by Gasteiger charge is 1.99. The number of hydrogen-bond donors (Lipinski definition) is 0. The third kappa shape index (κ3) is 5.94. The molecule has 1 aromatic rings. The van der Waals surface area contributed by atoms with Crippen LogP contribution in [0, 0.1) is 5.92 Å². The lowest BCUT2D eigenvalue weighted by molar-refractivity contribution is -0.671. The highest BCUT2D eigenvalue weighted by Crippen LogP contribution is 2.10. The lowest BCUT2D eigenvalue weighted by Crippen LogP contribution is -2.23. The second-order valence-electron chi connectivity index (χ2n) is 5.27. The highest BCUT2D eigenvalue weighted by atomic mass is 15.1. The Hall–Kier alpha value is -0.790. The van der Waals surface area contributed by atoms with Crippen LogP contribution in [0.15, 0.2) is 18.7 Å². The average molecular weight is 223 g/mol. The van der Waals surface area contributed by atoms with Gasteiger partial charge in [0, 0.05) is 0 Å². The fourth-order valence-electron chi connectivity index (χ4n) is 2.01. The Morgan fingerprint density at radius 3 is 2.38 bits per heavy atom. The smallest absolute Gasteiger partial charge is 0.240 e. The summed E-state index contributed by atoms with van der Waals surface area (Å²) in [4.78, 5) is 0. The predicted molar refractivity (Wildman–Crippen MR) is 68.1 cm³/mol. The zero-order valence-corrected chi connectivity index (χ0v) is 11.2. The summed E-state index contributed by atoms with van der Waals surface area (Å²) in [5.74, 6) is 0.875. The Labute approximate surface area is 100 Å². The standard InChI is InChI=1S/C14H27N2/c1-14(2)9-7-5-4-6-8-10-16-12-11-15(3)13-16/h11-14H,4-10H2,1-3H3/q+1. The van der Waals surface area contributed by atoms with Gasteiger partial charge in [-0.3, -0.25) is 0 Å². The zero-order chi connectivity index (χ0) is 11.8. The molecule has 1 heterocycles. The van der Waals surface area contributed by atoms with Crippen LogP contribution in [-0.2, 0) is 13.6 Å². The highest BCUT2D eigenvalue weighted by molar-refractivity contribution is 4.65. The number of aromatic nitrogens is 2. The third-order valence-corrected chi connectivity index (χ3v) is 3.02. The SMILES string of the molecule is CC(C)CCCCCCCn1cc[n+](C)c1. The summed E-state index contributed by atoms with van der Waals surface area (Å²) in [5.41, 5.74) is 0. The van der Waals surface area contributed by atoms with E-state index in [0.29, 0.717) is 0 Å². The summed E-state index contributed by atoms with van der Waals surface area (Å²) in [5, 5.41) is 0. The minimum Gasteiger partial charge on any atom is -0.240 e. The van der Waals surface area contributed by atoms with Crippen LogP contribution in [0.25, 0.3) is 0 Å². The molecule has 2 nitrogen and oxygen atoms in total. The van der Waals surface area contributed by atoms with Crippen molar-refractivity contribution < 1.29 is 4.57 Å².